The van der Waals surface area contributed by atoms with Crippen LogP contribution in [0.25, 0.3) is 0 Å². The molecule has 0 amide bonds. The summed E-state index contributed by atoms with van der Waals surface area (Å²) in [4.78, 5) is 22.9. The highest BCUT2D eigenvalue weighted by Crippen LogP contribution is 2.18. The second-order valence-corrected chi connectivity index (χ2v) is 10.6. The van der Waals surface area contributed by atoms with Crippen LogP contribution in [0.15, 0.2) is 12.2 Å². The van der Waals surface area contributed by atoms with Crippen molar-refractivity contribution in [3.8, 4) is 0 Å². The number of unbranched alkanes of at least 4 members (excludes halogenated alkanes) is 17. The van der Waals surface area contributed by atoms with Gasteiger partial charge in [-0.3, -0.25) is 9.59 Å². The maximum atomic E-state index is 12.4. The van der Waals surface area contributed by atoms with Gasteiger partial charge in [0.1, 0.15) is 6.10 Å². The number of carboxylic acid groups (broad SMARTS) is 1. The maximum absolute atomic E-state index is 12.4. The van der Waals surface area contributed by atoms with Crippen molar-refractivity contribution >= 4 is 11.9 Å². The normalized spacial score (nSPS) is 12.3. The molecule has 0 radical (unpaired) electrons. The van der Waals surface area contributed by atoms with Crippen molar-refractivity contribution in [2.24, 2.45) is 0 Å². The molecule has 0 bridgehead atoms. The first kappa shape index (κ1) is 34.7. The Hall–Kier alpha value is -1.32. The molecule has 1 atom stereocenters. The SMILES string of the molecule is CCCC/C=C\CCCCCCCC(=O)OC(CCCCC)CCCCCCCCCCCC(=O)O. The Bertz CT molecular complexity index is 514. The lowest BCUT2D eigenvalue weighted by molar-refractivity contribution is -0.150. The van der Waals surface area contributed by atoms with E-state index in [1.54, 1.807) is 0 Å². The van der Waals surface area contributed by atoms with Crippen LogP contribution in [0.3, 0.4) is 0 Å². The van der Waals surface area contributed by atoms with E-state index in [1.807, 2.05) is 0 Å². The number of hydrogen-bond donors (Lipinski definition) is 1. The van der Waals surface area contributed by atoms with E-state index < -0.39 is 5.97 Å². The summed E-state index contributed by atoms with van der Waals surface area (Å²) < 4.78 is 5.90. The topological polar surface area (TPSA) is 63.6 Å². The summed E-state index contributed by atoms with van der Waals surface area (Å²) in [6.45, 7) is 4.45. The van der Waals surface area contributed by atoms with Gasteiger partial charge in [0.2, 0.25) is 0 Å². The molecular weight excluding hydrogens is 448 g/mol. The third kappa shape index (κ3) is 27.3. The Labute approximate surface area is 224 Å². The molecule has 0 heterocycles. The quantitative estimate of drug-likeness (QED) is 0.0648. The molecule has 1 N–H and O–H groups in total. The number of allylic oxidation sites excluding steroid dienone is 2. The summed E-state index contributed by atoms with van der Waals surface area (Å²) in [5, 5.41) is 8.66. The minimum atomic E-state index is -0.680. The highest BCUT2D eigenvalue weighted by molar-refractivity contribution is 5.69. The van der Waals surface area contributed by atoms with Crippen LogP contribution < -0.4 is 0 Å². The van der Waals surface area contributed by atoms with Gasteiger partial charge in [0.15, 0.2) is 0 Å². The zero-order valence-electron chi connectivity index (χ0n) is 24.1. The van der Waals surface area contributed by atoms with Crippen molar-refractivity contribution in [3.05, 3.63) is 12.2 Å². The summed E-state index contributed by atoms with van der Waals surface area (Å²) in [6.07, 6.45) is 32.4. The van der Waals surface area contributed by atoms with Gasteiger partial charge in [0.05, 0.1) is 0 Å². The fourth-order valence-corrected chi connectivity index (χ4v) is 4.63. The van der Waals surface area contributed by atoms with E-state index in [-0.39, 0.29) is 12.1 Å². The summed E-state index contributed by atoms with van der Waals surface area (Å²) in [5.74, 6) is -0.668. The fraction of sp³-hybridized carbons (Fsp3) is 0.875. The monoisotopic (exact) mass is 508 g/mol. The maximum Gasteiger partial charge on any atom is 0.306 e. The van der Waals surface area contributed by atoms with E-state index >= 15 is 0 Å². The fourth-order valence-electron chi connectivity index (χ4n) is 4.63. The number of aliphatic carboxylic acids is 1. The lowest BCUT2D eigenvalue weighted by Crippen LogP contribution is -2.18. The molecule has 0 aliphatic heterocycles. The average molecular weight is 509 g/mol. The van der Waals surface area contributed by atoms with Gasteiger partial charge in [-0.1, -0.05) is 116 Å². The summed E-state index contributed by atoms with van der Waals surface area (Å²) in [6, 6.07) is 0. The predicted octanol–water partition coefficient (Wildman–Crippen LogP) is 10.3. The molecule has 0 aliphatic rings. The number of carbonyl (C=O) groups is 2. The second kappa shape index (κ2) is 28.3. The van der Waals surface area contributed by atoms with Gasteiger partial charge < -0.3 is 9.84 Å². The van der Waals surface area contributed by atoms with Crippen molar-refractivity contribution < 1.29 is 19.4 Å². The van der Waals surface area contributed by atoms with Crippen LogP contribution in [-0.2, 0) is 14.3 Å². The van der Waals surface area contributed by atoms with Crippen LogP contribution in [0.4, 0.5) is 0 Å². The van der Waals surface area contributed by atoms with Crippen LogP contribution in [0.1, 0.15) is 174 Å². The lowest BCUT2D eigenvalue weighted by atomic mass is 10.0. The van der Waals surface area contributed by atoms with Crippen molar-refractivity contribution in [2.45, 2.75) is 180 Å². The third-order valence-electron chi connectivity index (χ3n) is 6.99. The lowest BCUT2D eigenvalue weighted by Gasteiger charge is -2.18. The molecule has 4 nitrogen and oxygen atoms in total. The Morgan fingerprint density at radius 2 is 1.03 bits per heavy atom. The van der Waals surface area contributed by atoms with Gasteiger partial charge >= 0.3 is 11.9 Å². The average Bonchev–Trinajstić information content (AvgIpc) is 2.85. The van der Waals surface area contributed by atoms with Crippen molar-refractivity contribution in [2.75, 3.05) is 0 Å². The molecule has 0 aliphatic carbocycles. The van der Waals surface area contributed by atoms with Crippen LogP contribution >= 0.6 is 0 Å². The smallest absolute Gasteiger partial charge is 0.306 e. The summed E-state index contributed by atoms with van der Waals surface area (Å²) in [5.41, 5.74) is 0. The standard InChI is InChI=1S/C32H60O4/c1-3-5-7-8-9-10-11-15-18-21-25-29-32(35)36-30(26-22-6-4-2)27-23-19-16-13-12-14-17-20-24-28-31(33)34/h8-9,30H,3-7,10-29H2,1-2H3,(H,33,34)/b9-8-. The van der Waals surface area contributed by atoms with Gasteiger partial charge in [-0.05, 0) is 57.8 Å². The molecule has 0 aromatic carbocycles. The Morgan fingerprint density at radius 1 is 0.583 bits per heavy atom. The van der Waals surface area contributed by atoms with E-state index in [2.05, 4.69) is 26.0 Å². The van der Waals surface area contributed by atoms with Gasteiger partial charge in [0, 0.05) is 12.8 Å². The number of ether oxygens (including phenoxy) is 1. The van der Waals surface area contributed by atoms with Crippen LogP contribution in [0.2, 0.25) is 0 Å². The first-order valence-electron chi connectivity index (χ1n) is 15.7. The molecule has 0 rings (SSSR count). The zero-order chi connectivity index (χ0) is 26.5. The highest BCUT2D eigenvalue weighted by atomic mass is 16.5. The molecule has 36 heavy (non-hydrogen) atoms. The molecule has 0 spiro atoms. The first-order valence-corrected chi connectivity index (χ1v) is 15.7. The molecule has 0 saturated carbocycles. The molecule has 4 heteroatoms. The van der Waals surface area contributed by atoms with Crippen molar-refractivity contribution in [3.63, 3.8) is 0 Å². The van der Waals surface area contributed by atoms with Crippen molar-refractivity contribution in [1.29, 1.82) is 0 Å². The van der Waals surface area contributed by atoms with E-state index in [0.717, 1.165) is 57.8 Å². The molecule has 0 aromatic heterocycles. The number of esters is 1. The van der Waals surface area contributed by atoms with Gasteiger partial charge in [-0.15, -0.1) is 0 Å². The Morgan fingerprint density at radius 3 is 1.58 bits per heavy atom. The largest absolute Gasteiger partial charge is 0.481 e. The molecule has 0 aromatic rings. The highest BCUT2D eigenvalue weighted by Gasteiger charge is 2.14. The summed E-state index contributed by atoms with van der Waals surface area (Å²) >= 11 is 0. The number of rotatable bonds is 28. The zero-order valence-corrected chi connectivity index (χ0v) is 24.1. The second-order valence-electron chi connectivity index (χ2n) is 10.6. The van der Waals surface area contributed by atoms with Gasteiger partial charge in [-0.2, -0.15) is 0 Å². The van der Waals surface area contributed by atoms with E-state index in [0.29, 0.717) is 12.8 Å². The van der Waals surface area contributed by atoms with Gasteiger partial charge in [0.25, 0.3) is 0 Å². The first-order chi connectivity index (χ1) is 17.6. The molecule has 0 fully saturated rings. The minimum absolute atomic E-state index is 0.0123. The van der Waals surface area contributed by atoms with Crippen LogP contribution in [-0.4, -0.2) is 23.1 Å². The molecule has 0 saturated heterocycles. The Kier molecular flexibility index (Phi) is 27.2. The predicted molar refractivity (Wildman–Crippen MR) is 153 cm³/mol. The number of hydrogen-bond acceptors (Lipinski definition) is 3. The molecule has 212 valence electrons. The van der Waals surface area contributed by atoms with Crippen LogP contribution in [0, 0.1) is 0 Å². The molecule has 1 unspecified atom stereocenters. The van der Waals surface area contributed by atoms with E-state index in [4.69, 9.17) is 9.84 Å². The molecular formula is C32H60O4. The van der Waals surface area contributed by atoms with Gasteiger partial charge in [-0.25, -0.2) is 0 Å². The number of carbonyl (C=O) groups excluding carboxylic acids is 1. The van der Waals surface area contributed by atoms with Crippen molar-refractivity contribution in [1.82, 2.24) is 0 Å². The number of carboxylic acids is 1. The van der Waals surface area contributed by atoms with E-state index in [9.17, 15) is 9.59 Å². The minimum Gasteiger partial charge on any atom is -0.481 e. The van der Waals surface area contributed by atoms with Crippen LogP contribution in [0.5, 0.6) is 0 Å². The Balaban J connectivity index is 3.81. The summed E-state index contributed by atoms with van der Waals surface area (Å²) in [7, 11) is 0. The van der Waals surface area contributed by atoms with E-state index in [1.165, 1.54) is 89.9 Å². The third-order valence-corrected chi connectivity index (χ3v) is 6.99.